The van der Waals surface area contributed by atoms with Gasteiger partial charge in [-0.25, -0.2) is 12.1 Å². The first kappa shape index (κ1) is 15.5. The van der Waals surface area contributed by atoms with Gasteiger partial charge >= 0.3 is 8.80 Å². The van der Waals surface area contributed by atoms with Gasteiger partial charge in [0.05, 0.1) is 9.39 Å². The fourth-order valence-electron chi connectivity index (χ4n) is 0.693. The lowest BCUT2D eigenvalue weighted by molar-refractivity contribution is 0.125. The van der Waals surface area contributed by atoms with Gasteiger partial charge in [-0.2, -0.15) is 12.6 Å². The van der Waals surface area contributed by atoms with Crippen LogP contribution in [0.5, 0.6) is 0 Å². The molecule has 0 rings (SSSR count). The molecule has 3 nitrogen and oxygen atoms in total. The highest BCUT2D eigenvalue weighted by atomic mass is 32.3. The molecule has 12 heavy (non-hydrogen) atoms. The lowest BCUT2D eigenvalue weighted by Gasteiger charge is -2.23. The summed E-state index contributed by atoms with van der Waals surface area (Å²) < 4.78 is 15.4. The van der Waals surface area contributed by atoms with Gasteiger partial charge in [-0.15, -0.1) is 0 Å². The fraction of sp³-hybridized carbons (Fsp3) is 1.00. The monoisotopic (exact) mass is 246 g/mol. The summed E-state index contributed by atoms with van der Waals surface area (Å²) in [4.78, 5) is 0. The third kappa shape index (κ3) is 5.62. The predicted octanol–water partition coefficient (Wildman–Crippen LogP) is -0.00910. The van der Waals surface area contributed by atoms with Crippen LogP contribution >= 0.6 is 24.7 Å². The molecule has 0 aliphatic heterocycles. The van der Waals surface area contributed by atoms with Crippen molar-refractivity contribution in [1.82, 2.24) is 0 Å². The second kappa shape index (κ2) is 10.1. The summed E-state index contributed by atoms with van der Waals surface area (Å²) in [6.07, 6.45) is 0. The van der Waals surface area contributed by atoms with Crippen molar-refractivity contribution in [1.29, 1.82) is 0 Å². The minimum absolute atomic E-state index is 0.724. The molecule has 0 saturated heterocycles. The average molecular weight is 247 g/mol. The summed E-state index contributed by atoms with van der Waals surface area (Å²) in [7, 11) is 3.51. The molecule has 0 aromatic heterocycles. The van der Waals surface area contributed by atoms with Crippen LogP contribution in [0.2, 0.25) is 6.04 Å². The van der Waals surface area contributed by atoms with Gasteiger partial charge in [-0.3, -0.25) is 0 Å². The molecule has 0 radical (unpaired) electrons. The van der Waals surface area contributed by atoms with Crippen LogP contribution in [0.1, 0.15) is 0 Å². The summed E-state index contributed by atoms with van der Waals surface area (Å²) in [6, 6.07) is 0.750. The first-order valence-electron chi connectivity index (χ1n) is 3.45. The van der Waals surface area contributed by atoms with E-state index in [1.165, 1.54) is 0 Å². The van der Waals surface area contributed by atoms with Gasteiger partial charge in [0.2, 0.25) is 0 Å². The molecule has 0 aromatic rings. The highest BCUT2D eigenvalue weighted by molar-refractivity contribution is 8.03. The Kier molecular flexibility index (Phi) is 13.0. The molecular formula is C5H18O3S2Si2. The smallest absolute Gasteiger partial charge is 0.377 e. The van der Waals surface area contributed by atoms with E-state index in [0.29, 0.717) is 0 Å². The minimum atomic E-state index is -2.29. The van der Waals surface area contributed by atoms with E-state index in [4.69, 9.17) is 13.3 Å². The maximum atomic E-state index is 5.12. The normalized spacial score (nSPS) is 10.8. The number of hydrogen-bond donors (Lipinski definition) is 2. The Balaban J connectivity index is 0. The average Bonchev–Trinajstić information content (AvgIpc) is 2.18. The van der Waals surface area contributed by atoms with E-state index >= 15 is 0 Å². The molecule has 0 atom stereocenters. The first-order chi connectivity index (χ1) is 5.74. The Hall–Kier alpha value is 1.01. The molecule has 0 aromatic carbocycles. The van der Waals surface area contributed by atoms with Crippen molar-refractivity contribution in [3.8, 4) is 0 Å². The number of thiol groups is 2. The predicted molar refractivity (Wildman–Crippen MR) is 64.4 cm³/mol. The third-order valence-electron chi connectivity index (χ3n) is 1.35. The van der Waals surface area contributed by atoms with Crippen molar-refractivity contribution in [3.63, 3.8) is 0 Å². The minimum Gasteiger partial charge on any atom is -0.377 e. The summed E-state index contributed by atoms with van der Waals surface area (Å²) in [5.41, 5.74) is 0. The van der Waals surface area contributed by atoms with Gasteiger partial charge in [0.25, 0.3) is 0 Å². The Bertz CT molecular complexity index is 84.5. The van der Waals surface area contributed by atoms with Crippen molar-refractivity contribution in [3.05, 3.63) is 0 Å². The van der Waals surface area contributed by atoms with E-state index in [9.17, 15) is 0 Å². The first-order valence-corrected chi connectivity index (χ1v) is 9.60. The van der Waals surface area contributed by atoms with Crippen LogP contribution in [0.3, 0.4) is 0 Å². The van der Waals surface area contributed by atoms with E-state index in [2.05, 4.69) is 24.7 Å². The summed E-state index contributed by atoms with van der Waals surface area (Å²) in [5, 5.41) is 0. The molecule has 0 aliphatic rings. The molecule has 0 unspecified atom stereocenters. The van der Waals surface area contributed by atoms with E-state index < -0.39 is 8.80 Å². The number of hydrogen-bond acceptors (Lipinski definition) is 5. The SMILES string of the molecule is CO[Si](CCS)(OC)OC.[SiH3]S. The van der Waals surface area contributed by atoms with Gasteiger partial charge in [-0.05, 0) is 5.75 Å². The molecule has 0 bridgehead atoms. The molecule has 0 N–H and O–H groups in total. The van der Waals surface area contributed by atoms with E-state index in [1.54, 1.807) is 21.3 Å². The van der Waals surface area contributed by atoms with Crippen LogP contribution in [-0.4, -0.2) is 45.3 Å². The molecule has 0 amide bonds. The van der Waals surface area contributed by atoms with Crippen LogP contribution in [0.25, 0.3) is 0 Å². The fourth-order valence-corrected chi connectivity index (χ4v) is 2.90. The van der Waals surface area contributed by atoms with Crippen LogP contribution in [0.4, 0.5) is 0 Å². The zero-order valence-electron chi connectivity index (χ0n) is 8.03. The van der Waals surface area contributed by atoms with Gasteiger partial charge < -0.3 is 13.3 Å². The van der Waals surface area contributed by atoms with Crippen molar-refractivity contribution in [2.75, 3.05) is 27.1 Å². The van der Waals surface area contributed by atoms with Gasteiger partial charge in [0.1, 0.15) is 0 Å². The van der Waals surface area contributed by atoms with Crippen molar-refractivity contribution in [2.45, 2.75) is 6.04 Å². The zero-order chi connectivity index (χ0) is 10.0. The highest BCUT2D eigenvalue weighted by Gasteiger charge is 2.36. The van der Waals surface area contributed by atoms with Crippen molar-refractivity contribution in [2.24, 2.45) is 0 Å². The summed E-state index contributed by atoms with van der Waals surface area (Å²) >= 11 is 7.74. The second-order valence-corrected chi connectivity index (χ2v) is 5.31. The van der Waals surface area contributed by atoms with E-state index in [1.807, 2.05) is 0 Å². The quantitative estimate of drug-likeness (QED) is 0.528. The maximum absolute atomic E-state index is 5.12. The van der Waals surface area contributed by atoms with Gasteiger partial charge in [0, 0.05) is 27.4 Å². The Morgan fingerprint density at radius 2 is 1.42 bits per heavy atom. The van der Waals surface area contributed by atoms with Gasteiger partial charge in [0.15, 0.2) is 0 Å². The lowest BCUT2D eigenvalue weighted by Crippen LogP contribution is -2.42. The molecule has 0 saturated carbocycles. The second-order valence-electron chi connectivity index (χ2n) is 1.77. The van der Waals surface area contributed by atoms with E-state index in [0.717, 1.165) is 21.2 Å². The molecule has 7 heteroatoms. The topological polar surface area (TPSA) is 27.7 Å². The highest BCUT2D eigenvalue weighted by Crippen LogP contribution is 2.12. The summed E-state index contributed by atoms with van der Waals surface area (Å²) in [5.74, 6) is 0.724. The standard InChI is InChI=1S/C5H14O3SSi.H4SSi/c1-6-10(7-2,8-3)5-4-9;1-2/h9H,4-5H2,1-3H3;1H,2H3. The molecule has 0 heterocycles. The Morgan fingerprint density at radius 3 is 1.50 bits per heavy atom. The van der Waals surface area contributed by atoms with Crippen LogP contribution in [-0.2, 0) is 13.3 Å². The molecular weight excluding hydrogens is 228 g/mol. The Labute approximate surface area is 89.4 Å². The van der Waals surface area contributed by atoms with E-state index in [-0.39, 0.29) is 0 Å². The van der Waals surface area contributed by atoms with Crippen molar-refractivity contribution >= 4 is 42.9 Å². The molecule has 0 aliphatic carbocycles. The maximum Gasteiger partial charge on any atom is 0.500 e. The van der Waals surface area contributed by atoms with Crippen LogP contribution in [0, 0.1) is 0 Å². The van der Waals surface area contributed by atoms with Gasteiger partial charge in [-0.1, -0.05) is 0 Å². The third-order valence-corrected chi connectivity index (χ3v) is 4.72. The van der Waals surface area contributed by atoms with Crippen LogP contribution < -0.4 is 0 Å². The lowest BCUT2D eigenvalue weighted by atomic mass is 11.0. The van der Waals surface area contributed by atoms with Crippen molar-refractivity contribution < 1.29 is 13.3 Å². The largest absolute Gasteiger partial charge is 0.500 e. The molecule has 0 spiro atoms. The summed E-state index contributed by atoms with van der Waals surface area (Å²) in [6.45, 7) is 0. The molecule has 0 fully saturated rings. The van der Waals surface area contributed by atoms with Crippen LogP contribution in [0.15, 0.2) is 0 Å². The zero-order valence-corrected chi connectivity index (χ0v) is 12.8. The Morgan fingerprint density at radius 1 is 1.08 bits per heavy atom. The number of rotatable bonds is 5. The molecule has 76 valence electrons.